The first kappa shape index (κ1) is 27.8. The van der Waals surface area contributed by atoms with Gasteiger partial charge in [-0.25, -0.2) is 8.78 Å². The number of nitrogens with one attached hydrogen (secondary N) is 2. The number of Topliss-reactive ketones (excluding diaryl/α,β-unsaturated/α-hetero) is 1. The highest BCUT2D eigenvalue weighted by atomic mass is 35.5. The number of aromatic nitrogens is 1. The van der Waals surface area contributed by atoms with Gasteiger partial charge < -0.3 is 19.9 Å². The van der Waals surface area contributed by atoms with Gasteiger partial charge in [0.1, 0.15) is 5.69 Å². The number of ketones is 1. The van der Waals surface area contributed by atoms with Gasteiger partial charge in [0, 0.05) is 36.0 Å². The Morgan fingerprint density at radius 1 is 1.18 bits per heavy atom. The maximum atomic E-state index is 13.8. The second kappa shape index (κ2) is 10.8. The number of benzene rings is 1. The molecule has 0 saturated heterocycles. The lowest BCUT2D eigenvalue weighted by molar-refractivity contribution is -0.142. The summed E-state index contributed by atoms with van der Waals surface area (Å²) in [4.78, 5) is 51.1. The number of hydrogen-bond acceptors (Lipinski definition) is 5. The van der Waals surface area contributed by atoms with E-state index in [1.54, 1.807) is 4.57 Å². The molecule has 1 fully saturated rings. The van der Waals surface area contributed by atoms with Gasteiger partial charge in [-0.15, -0.1) is 0 Å². The number of esters is 1. The molecule has 2 amide bonds. The molecular formula is C27H30ClF2N3O5. The number of carbonyl (C=O) groups excluding carboxylic acids is 4. The highest BCUT2D eigenvalue weighted by molar-refractivity contribution is 6.48. The van der Waals surface area contributed by atoms with E-state index in [-0.39, 0.29) is 39.4 Å². The van der Waals surface area contributed by atoms with Crippen molar-refractivity contribution in [1.29, 1.82) is 0 Å². The first-order valence-electron chi connectivity index (χ1n) is 12.6. The zero-order valence-electron chi connectivity index (χ0n) is 21.5. The molecule has 0 unspecified atom stereocenters. The smallest absolute Gasteiger partial charge is 0.305 e. The topological polar surface area (TPSA) is 106 Å². The third-order valence-electron chi connectivity index (χ3n) is 7.53. The predicted molar refractivity (Wildman–Crippen MR) is 136 cm³/mol. The molecule has 2 aliphatic rings. The molecule has 38 heavy (non-hydrogen) atoms. The Morgan fingerprint density at radius 3 is 2.50 bits per heavy atom. The van der Waals surface area contributed by atoms with Gasteiger partial charge in [0.2, 0.25) is 0 Å². The lowest BCUT2D eigenvalue weighted by Gasteiger charge is -2.37. The van der Waals surface area contributed by atoms with Crippen LogP contribution in [0.4, 0.5) is 14.5 Å². The van der Waals surface area contributed by atoms with Crippen LogP contribution in [0.2, 0.25) is 5.02 Å². The minimum absolute atomic E-state index is 0.0221. The molecule has 0 spiro atoms. The molecule has 204 valence electrons. The molecule has 1 aromatic carbocycles. The van der Waals surface area contributed by atoms with E-state index in [9.17, 15) is 28.0 Å². The summed E-state index contributed by atoms with van der Waals surface area (Å²) in [6.07, 6.45) is 4.03. The number of amides is 2. The number of aryl methyl sites for hydroxylation is 1. The van der Waals surface area contributed by atoms with Crippen molar-refractivity contribution >= 4 is 40.9 Å². The number of anilines is 1. The van der Waals surface area contributed by atoms with Crippen molar-refractivity contribution in [3.05, 3.63) is 51.3 Å². The molecule has 1 aromatic heterocycles. The van der Waals surface area contributed by atoms with E-state index in [0.717, 1.165) is 6.07 Å². The maximum absolute atomic E-state index is 13.8. The van der Waals surface area contributed by atoms with Crippen molar-refractivity contribution in [3.8, 4) is 0 Å². The number of ether oxygens (including phenoxy) is 1. The van der Waals surface area contributed by atoms with E-state index in [4.69, 9.17) is 16.3 Å². The van der Waals surface area contributed by atoms with Crippen LogP contribution in [-0.4, -0.2) is 40.8 Å². The summed E-state index contributed by atoms with van der Waals surface area (Å²) in [5.41, 5.74) is -0.0756. The normalized spacial score (nSPS) is 20.5. The van der Waals surface area contributed by atoms with Gasteiger partial charge in [0.05, 0.1) is 17.7 Å². The molecule has 0 radical (unpaired) electrons. The molecular weight excluding hydrogens is 520 g/mol. The van der Waals surface area contributed by atoms with Crippen molar-refractivity contribution in [2.24, 2.45) is 5.92 Å². The fraction of sp³-hybridized carbons (Fsp3) is 0.481. The number of methoxy groups -OCH3 is 1. The standard InChI is InChI=1S/C27H30ClF2N3O5/c1-14-11-16(13-17(29)22(14)30)31-25(36)20-18-5-4-10-33(18)23(21(20)28)24(35)26(37)32-27(2)8-6-15(7-9-27)12-19(34)38-3/h11,13,15H,4-10,12H2,1-3H3,(H,31,36)(H,32,37). The SMILES string of the molecule is COC(=O)CC1CCC(C)(NC(=O)C(=O)c2c(Cl)c(C(=O)Nc3cc(C)c(F)c(F)c3)c3n2CCC3)CC1. The Kier molecular flexibility index (Phi) is 7.92. The summed E-state index contributed by atoms with van der Waals surface area (Å²) >= 11 is 6.53. The van der Waals surface area contributed by atoms with Crippen LogP contribution in [0, 0.1) is 24.5 Å². The van der Waals surface area contributed by atoms with Crippen LogP contribution < -0.4 is 10.6 Å². The molecule has 1 saturated carbocycles. The van der Waals surface area contributed by atoms with Crippen LogP contribution in [0.3, 0.4) is 0 Å². The zero-order valence-corrected chi connectivity index (χ0v) is 22.3. The molecule has 1 aliphatic heterocycles. The maximum Gasteiger partial charge on any atom is 0.305 e. The van der Waals surface area contributed by atoms with Crippen molar-refractivity contribution in [3.63, 3.8) is 0 Å². The first-order chi connectivity index (χ1) is 17.9. The highest BCUT2D eigenvalue weighted by Crippen LogP contribution is 2.36. The van der Waals surface area contributed by atoms with Gasteiger partial charge >= 0.3 is 5.97 Å². The monoisotopic (exact) mass is 549 g/mol. The van der Waals surface area contributed by atoms with Crippen molar-refractivity contribution in [2.75, 3.05) is 12.4 Å². The predicted octanol–water partition coefficient (Wildman–Crippen LogP) is 4.74. The zero-order chi connectivity index (χ0) is 27.8. The minimum atomic E-state index is -1.10. The number of hydrogen-bond donors (Lipinski definition) is 2. The van der Waals surface area contributed by atoms with Crippen LogP contribution in [-0.2, 0) is 27.3 Å². The van der Waals surface area contributed by atoms with E-state index in [1.165, 1.54) is 20.1 Å². The Balaban J connectivity index is 1.51. The third kappa shape index (κ3) is 5.45. The number of halogens is 3. The Labute approximate surface area is 224 Å². The summed E-state index contributed by atoms with van der Waals surface area (Å²) in [5.74, 6) is -4.57. The Hall–Kier alpha value is -3.27. The summed E-state index contributed by atoms with van der Waals surface area (Å²) in [6, 6.07) is 2.16. The van der Waals surface area contributed by atoms with Gasteiger partial charge in [-0.1, -0.05) is 11.6 Å². The molecule has 2 aromatic rings. The lowest BCUT2D eigenvalue weighted by Crippen LogP contribution is -2.50. The van der Waals surface area contributed by atoms with E-state index < -0.39 is 34.8 Å². The molecule has 2 heterocycles. The number of nitrogens with zero attached hydrogens (tertiary/aromatic N) is 1. The molecule has 4 rings (SSSR count). The van der Waals surface area contributed by atoms with Crippen LogP contribution in [0.1, 0.15) is 77.6 Å². The van der Waals surface area contributed by atoms with E-state index in [1.807, 2.05) is 6.92 Å². The third-order valence-corrected chi connectivity index (χ3v) is 7.90. The van der Waals surface area contributed by atoms with Crippen LogP contribution in [0.25, 0.3) is 0 Å². The average Bonchev–Trinajstić information content (AvgIpc) is 3.42. The second-order valence-corrected chi connectivity index (χ2v) is 10.7. The van der Waals surface area contributed by atoms with Crippen LogP contribution >= 0.6 is 11.6 Å². The summed E-state index contributed by atoms with van der Waals surface area (Å²) < 4.78 is 33.8. The summed E-state index contributed by atoms with van der Waals surface area (Å²) in [7, 11) is 1.35. The van der Waals surface area contributed by atoms with Crippen molar-refractivity contribution in [2.45, 2.75) is 70.9 Å². The van der Waals surface area contributed by atoms with Gasteiger partial charge in [0.25, 0.3) is 17.6 Å². The van der Waals surface area contributed by atoms with Crippen molar-refractivity contribution < 1.29 is 32.7 Å². The van der Waals surface area contributed by atoms with Gasteiger partial charge in [-0.2, -0.15) is 0 Å². The number of carbonyl (C=O) groups is 4. The molecule has 11 heteroatoms. The fourth-order valence-electron chi connectivity index (χ4n) is 5.39. The fourth-order valence-corrected chi connectivity index (χ4v) is 5.77. The van der Waals surface area contributed by atoms with Gasteiger partial charge in [-0.3, -0.25) is 19.2 Å². The van der Waals surface area contributed by atoms with E-state index in [2.05, 4.69) is 10.6 Å². The molecule has 0 bridgehead atoms. The van der Waals surface area contributed by atoms with Gasteiger partial charge in [0.15, 0.2) is 11.6 Å². The Morgan fingerprint density at radius 2 is 1.87 bits per heavy atom. The Bertz CT molecular complexity index is 1290. The summed E-state index contributed by atoms with van der Waals surface area (Å²) in [6.45, 7) is 3.64. The first-order valence-corrected chi connectivity index (χ1v) is 12.9. The molecule has 0 atom stereocenters. The quantitative estimate of drug-likeness (QED) is 0.295. The lowest BCUT2D eigenvalue weighted by atomic mass is 9.76. The highest BCUT2D eigenvalue weighted by Gasteiger charge is 2.38. The van der Waals surface area contributed by atoms with Gasteiger partial charge in [-0.05, 0) is 69.9 Å². The van der Waals surface area contributed by atoms with E-state index >= 15 is 0 Å². The average molecular weight is 550 g/mol. The summed E-state index contributed by atoms with van der Waals surface area (Å²) in [5, 5.41) is 5.22. The second-order valence-electron chi connectivity index (χ2n) is 10.4. The van der Waals surface area contributed by atoms with E-state index in [0.29, 0.717) is 57.2 Å². The number of fused-ring (bicyclic) bond motifs is 1. The molecule has 8 nitrogen and oxygen atoms in total. The molecule has 2 N–H and O–H groups in total. The largest absolute Gasteiger partial charge is 0.469 e. The minimum Gasteiger partial charge on any atom is -0.469 e. The van der Waals surface area contributed by atoms with Crippen LogP contribution in [0.5, 0.6) is 0 Å². The van der Waals surface area contributed by atoms with Crippen LogP contribution in [0.15, 0.2) is 12.1 Å². The molecule has 1 aliphatic carbocycles. The number of rotatable bonds is 7. The van der Waals surface area contributed by atoms with Crippen molar-refractivity contribution in [1.82, 2.24) is 9.88 Å².